The van der Waals surface area contributed by atoms with E-state index in [0.29, 0.717) is 6.54 Å². The molecule has 1 aliphatic rings. The Morgan fingerprint density at radius 3 is 2.22 bits per heavy atom. The summed E-state index contributed by atoms with van der Waals surface area (Å²) < 4.78 is 10.5. The number of amides is 1. The van der Waals surface area contributed by atoms with Crippen LogP contribution in [0.25, 0.3) is 0 Å². The number of rotatable bonds is 9. The van der Waals surface area contributed by atoms with Crippen molar-refractivity contribution in [3.8, 4) is 0 Å². The Hall–Kier alpha value is -0.810. The molecule has 1 saturated heterocycles. The fourth-order valence-corrected chi connectivity index (χ4v) is 2.51. The minimum atomic E-state index is -0.462. The number of guanidine groups is 1. The third kappa shape index (κ3) is 14.9. The first-order valence-electron chi connectivity index (χ1n) is 9.62. The molecule has 0 atom stereocenters. The van der Waals surface area contributed by atoms with E-state index >= 15 is 0 Å². The summed E-state index contributed by atoms with van der Waals surface area (Å²) in [5.41, 5.74) is -0.462. The highest BCUT2D eigenvalue weighted by atomic mass is 127. The van der Waals surface area contributed by atoms with Gasteiger partial charge in [0, 0.05) is 39.8 Å². The summed E-state index contributed by atoms with van der Waals surface area (Å²) in [6.07, 6.45) is 2.71. The molecule has 1 rings (SSSR count). The molecule has 1 fully saturated rings. The van der Waals surface area contributed by atoms with Crippen molar-refractivity contribution in [3.05, 3.63) is 0 Å². The van der Waals surface area contributed by atoms with Crippen LogP contribution < -0.4 is 16.0 Å². The number of nitrogens with one attached hydrogen (secondary N) is 3. The molecule has 0 aliphatic carbocycles. The molecule has 0 unspecified atom stereocenters. The van der Waals surface area contributed by atoms with Crippen LogP contribution >= 0.6 is 24.0 Å². The third-order valence-corrected chi connectivity index (χ3v) is 3.84. The Bertz CT molecular complexity index is 424. The minimum absolute atomic E-state index is 0. The number of hydrogen-bond donors (Lipinski definition) is 3. The van der Waals surface area contributed by atoms with Gasteiger partial charge >= 0.3 is 6.09 Å². The van der Waals surface area contributed by atoms with Gasteiger partial charge in [-0.25, -0.2) is 4.79 Å². The van der Waals surface area contributed by atoms with E-state index in [4.69, 9.17) is 9.47 Å². The predicted octanol–water partition coefficient (Wildman–Crippen LogP) is 1.80. The molecule has 1 amide bonds. The number of morpholine rings is 1. The molecule has 0 saturated carbocycles. The van der Waals surface area contributed by atoms with Crippen LogP contribution in [0.5, 0.6) is 0 Å². The van der Waals surface area contributed by atoms with E-state index < -0.39 is 5.60 Å². The minimum Gasteiger partial charge on any atom is -0.444 e. The smallest absolute Gasteiger partial charge is 0.407 e. The molecule has 0 aromatic carbocycles. The fraction of sp³-hybridized carbons (Fsp3) is 0.889. The average molecular weight is 499 g/mol. The van der Waals surface area contributed by atoms with Gasteiger partial charge in [0.05, 0.1) is 13.2 Å². The zero-order chi connectivity index (χ0) is 19.3. The predicted molar refractivity (Wildman–Crippen MR) is 120 cm³/mol. The number of unbranched alkanes of at least 4 members (excludes halogenated alkanes) is 1. The monoisotopic (exact) mass is 499 g/mol. The lowest BCUT2D eigenvalue weighted by molar-refractivity contribution is 0.0372. The number of aliphatic imine (C=N–C) groups is 1. The van der Waals surface area contributed by atoms with E-state index in [2.05, 4.69) is 25.8 Å². The highest BCUT2D eigenvalue weighted by molar-refractivity contribution is 14.0. The van der Waals surface area contributed by atoms with Crippen molar-refractivity contribution in [3.63, 3.8) is 0 Å². The van der Waals surface area contributed by atoms with Gasteiger partial charge < -0.3 is 25.4 Å². The van der Waals surface area contributed by atoms with Crippen molar-refractivity contribution in [2.75, 3.05) is 59.5 Å². The van der Waals surface area contributed by atoms with Crippen molar-refractivity contribution < 1.29 is 14.3 Å². The first kappa shape index (κ1) is 26.2. The number of ether oxygens (including phenoxy) is 2. The van der Waals surface area contributed by atoms with Crippen LogP contribution in [0.1, 0.15) is 40.0 Å². The van der Waals surface area contributed by atoms with Crippen LogP contribution in [-0.4, -0.2) is 82.1 Å². The molecule has 27 heavy (non-hydrogen) atoms. The van der Waals surface area contributed by atoms with Crippen LogP contribution in [0.3, 0.4) is 0 Å². The van der Waals surface area contributed by atoms with Gasteiger partial charge in [-0.3, -0.25) is 9.89 Å². The summed E-state index contributed by atoms with van der Waals surface area (Å²) in [6, 6.07) is 0. The van der Waals surface area contributed by atoms with Gasteiger partial charge in [0.1, 0.15) is 5.60 Å². The number of halogens is 1. The van der Waals surface area contributed by atoms with Crippen LogP contribution in [0, 0.1) is 0 Å². The van der Waals surface area contributed by atoms with Gasteiger partial charge in [0.25, 0.3) is 0 Å². The lowest BCUT2D eigenvalue weighted by Gasteiger charge is -2.26. The van der Waals surface area contributed by atoms with Crippen molar-refractivity contribution in [2.24, 2.45) is 4.99 Å². The molecule has 0 radical (unpaired) electrons. The Labute approximate surface area is 181 Å². The van der Waals surface area contributed by atoms with Crippen LogP contribution in [-0.2, 0) is 9.47 Å². The summed E-state index contributed by atoms with van der Waals surface area (Å²) in [5.74, 6) is 0.800. The standard InChI is InChI=1S/C18H37N5O3.HI/c1-18(2,3)26-17(24)22-10-7-9-21-16(19-4)20-8-5-6-11-23-12-14-25-15-13-23;/h5-15H2,1-4H3,(H,22,24)(H2,19,20,21);1H. The SMILES string of the molecule is CN=C(NCCCCN1CCOCC1)NCCCNC(=O)OC(C)(C)C.I. The second-order valence-electron chi connectivity index (χ2n) is 7.37. The molecule has 1 heterocycles. The Morgan fingerprint density at radius 2 is 1.63 bits per heavy atom. The van der Waals surface area contributed by atoms with E-state index in [0.717, 1.165) is 64.7 Å². The topological polar surface area (TPSA) is 87.2 Å². The van der Waals surface area contributed by atoms with Gasteiger partial charge in [0.2, 0.25) is 0 Å². The normalized spacial score (nSPS) is 15.6. The van der Waals surface area contributed by atoms with Crippen molar-refractivity contribution in [2.45, 2.75) is 45.6 Å². The largest absolute Gasteiger partial charge is 0.444 e. The highest BCUT2D eigenvalue weighted by Gasteiger charge is 2.15. The zero-order valence-electron chi connectivity index (χ0n) is 17.3. The van der Waals surface area contributed by atoms with Crippen LogP contribution in [0.2, 0.25) is 0 Å². The van der Waals surface area contributed by atoms with E-state index in [1.807, 2.05) is 20.8 Å². The van der Waals surface area contributed by atoms with Gasteiger partial charge in [-0.15, -0.1) is 24.0 Å². The van der Waals surface area contributed by atoms with E-state index in [1.165, 1.54) is 6.42 Å². The maximum atomic E-state index is 11.5. The van der Waals surface area contributed by atoms with Gasteiger partial charge in [-0.05, 0) is 46.6 Å². The number of nitrogens with zero attached hydrogens (tertiary/aromatic N) is 2. The quantitative estimate of drug-likeness (QED) is 0.194. The molecule has 8 nitrogen and oxygen atoms in total. The first-order valence-corrected chi connectivity index (χ1v) is 9.62. The lowest BCUT2D eigenvalue weighted by atomic mass is 10.2. The maximum Gasteiger partial charge on any atom is 0.407 e. The molecule has 160 valence electrons. The van der Waals surface area contributed by atoms with Crippen molar-refractivity contribution in [1.82, 2.24) is 20.9 Å². The molecule has 1 aliphatic heterocycles. The fourth-order valence-electron chi connectivity index (χ4n) is 2.51. The summed E-state index contributed by atoms with van der Waals surface area (Å²) in [6.45, 7) is 12.7. The van der Waals surface area contributed by atoms with Crippen molar-refractivity contribution >= 4 is 36.0 Å². The molecule has 3 N–H and O–H groups in total. The van der Waals surface area contributed by atoms with E-state index in [-0.39, 0.29) is 30.1 Å². The van der Waals surface area contributed by atoms with Crippen molar-refractivity contribution in [1.29, 1.82) is 0 Å². The summed E-state index contributed by atoms with van der Waals surface area (Å²) in [7, 11) is 1.77. The molecular weight excluding hydrogens is 461 g/mol. The molecule has 0 aromatic heterocycles. The number of carbonyl (C=O) groups is 1. The summed E-state index contributed by atoms with van der Waals surface area (Å²) in [4.78, 5) is 18.2. The molecule has 9 heteroatoms. The zero-order valence-corrected chi connectivity index (χ0v) is 19.6. The van der Waals surface area contributed by atoms with E-state index in [9.17, 15) is 4.79 Å². The maximum absolute atomic E-state index is 11.5. The molecular formula is C18H38IN5O3. The second kappa shape index (κ2) is 15.2. The van der Waals surface area contributed by atoms with Gasteiger partial charge in [-0.2, -0.15) is 0 Å². The number of hydrogen-bond acceptors (Lipinski definition) is 5. The summed E-state index contributed by atoms with van der Waals surface area (Å²) in [5, 5.41) is 9.32. The first-order chi connectivity index (χ1) is 12.4. The van der Waals surface area contributed by atoms with Gasteiger partial charge in [0.15, 0.2) is 5.96 Å². The third-order valence-electron chi connectivity index (χ3n) is 3.84. The summed E-state index contributed by atoms with van der Waals surface area (Å²) >= 11 is 0. The molecule has 0 bridgehead atoms. The highest BCUT2D eigenvalue weighted by Crippen LogP contribution is 2.06. The Balaban J connectivity index is 0.00000676. The number of carbonyl (C=O) groups excluding carboxylic acids is 1. The Kier molecular flexibility index (Phi) is 14.7. The van der Waals surface area contributed by atoms with E-state index in [1.54, 1.807) is 7.05 Å². The van der Waals surface area contributed by atoms with Gasteiger partial charge in [-0.1, -0.05) is 0 Å². The van der Waals surface area contributed by atoms with Crippen LogP contribution in [0.4, 0.5) is 4.79 Å². The van der Waals surface area contributed by atoms with Crippen LogP contribution in [0.15, 0.2) is 4.99 Å². The lowest BCUT2D eigenvalue weighted by Crippen LogP contribution is -2.40. The number of alkyl carbamates (subject to hydrolysis) is 1. The second-order valence-corrected chi connectivity index (χ2v) is 7.37. The average Bonchev–Trinajstić information content (AvgIpc) is 2.58. The Morgan fingerprint density at radius 1 is 1.04 bits per heavy atom. The molecule has 0 aromatic rings. The molecule has 0 spiro atoms.